The average molecular weight is 476 g/mol. The maximum Gasteiger partial charge on any atom is 0.435 e. The van der Waals surface area contributed by atoms with Crippen LogP contribution in [0.3, 0.4) is 0 Å². The zero-order valence-electron chi connectivity index (χ0n) is 18.0. The number of methoxy groups -OCH3 is 1. The molecule has 3 aromatic rings. The van der Waals surface area contributed by atoms with Crippen LogP contribution >= 0.6 is 0 Å². The van der Waals surface area contributed by atoms with E-state index in [1.807, 2.05) is 0 Å². The van der Waals surface area contributed by atoms with Crippen LogP contribution in [-0.4, -0.2) is 50.9 Å². The number of hydrogen-bond acceptors (Lipinski definition) is 5. The number of alkyl halides is 3. The van der Waals surface area contributed by atoms with E-state index >= 15 is 0 Å². The summed E-state index contributed by atoms with van der Waals surface area (Å²) in [6.07, 6.45) is -2.08. The Kier molecular flexibility index (Phi) is 5.03. The Bertz CT molecular complexity index is 1240. The predicted molar refractivity (Wildman–Crippen MR) is 112 cm³/mol. The van der Waals surface area contributed by atoms with E-state index < -0.39 is 23.6 Å². The number of pyridine rings is 1. The van der Waals surface area contributed by atoms with Crippen molar-refractivity contribution < 1.29 is 32.2 Å². The monoisotopic (exact) mass is 476 g/mol. The molecule has 0 bridgehead atoms. The Morgan fingerprint density at radius 3 is 2.53 bits per heavy atom. The number of phenols is 1. The molecule has 1 N–H and O–H groups in total. The van der Waals surface area contributed by atoms with Crippen molar-refractivity contribution in [3.8, 4) is 22.9 Å². The summed E-state index contributed by atoms with van der Waals surface area (Å²) < 4.78 is 60.6. The molecule has 178 valence electrons. The SMILES string of the molecule is COc1ccc(-c2cc(C(F)(F)F)nn2C2CC3(C2)CN(C(=O)c2cc(O)ccc2F)C3)cn1. The van der Waals surface area contributed by atoms with E-state index in [0.29, 0.717) is 43.1 Å². The summed E-state index contributed by atoms with van der Waals surface area (Å²) in [6.45, 7) is 0.731. The molecule has 1 saturated heterocycles. The summed E-state index contributed by atoms with van der Waals surface area (Å²) in [7, 11) is 1.45. The first-order valence-corrected chi connectivity index (χ1v) is 10.5. The quantitative estimate of drug-likeness (QED) is 0.569. The standard InChI is InChI=1S/C23H20F4N4O3/c1-34-20-5-2-13(10-28-20)18-7-19(23(25,26)27)29-31(18)14-8-22(9-14)11-30(12-22)21(33)16-6-15(32)3-4-17(16)24/h2-7,10,14,32H,8-9,11-12H2,1H3. The van der Waals surface area contributed by atoms with E-state index in [2.05, 4.69) is 10.1 Å². The molecule has 1 amide bonds. The normalized spacial score (nSPS) is 17.4. The van der Waals surface area contributed by atoms with Crippen LogP contribution in [0.25, 0.3) is 11.3 Å². The van der Waals surface area contributed by atoms with Crippen LogP contribution in [0.5, 0.6) is 11.6 Å². The van der Waals surface area contributed by atoms with Crippen molar-refractivity contribution in [3.63, 3.8) is 0 Å². The molecule has 5 rings (SSSR count). The van der Waals surface area contributed by atoms with Crippen molar-refractivity contribution in [1.82, 2.24) is 19.7 Å². The second-order valence-corrected chi connectivity index (χ2v) is 8.83. The molecule has 7 nitrogen and oxygen atoms in total. The van der Waals surface area contributed by atoms with Crippen molar-refractivity contribution in [1.29, 1.82) is 0 Å². The van der Waals surface area contributed by atoms with Crippen LogP contribution in [-0.2, 0) is 6.18 Å². The summed E-state index contributed by atoms with van der Waals surface area (Å²) in [5, 5.41) is 13.4. The Labute approximate surface area is 191 Å². The number of nitrogens with zero attached hydrogens (tertiary/aromatic N) is 4. The van der Waals surface area contributed by atoms with Crippen molar-refractivity contribution >= 4 is 5.91 Å². The van der Waals surface area contributed by atoms with Crippen LogP contribution in [0.4, 0.5) is 17.6 Å². The van der Waals surface area contributed by atoms with Crippen LogP contribution in [0.15, 0.2) is 42.6 Å². The lowest BCUT2D eigenvalue weighted by molar-refractivity contribution is -0.142. The number of benzene rings is 1. The van der Waals surface area contributed by atoms with E-state index in [9.17, 15) is 27.5 Å². The zero-order chi connectivity index (χ0) is 24.3. The molecule has 1 aromatic carbocycles. The van der Waals surface area contributed by atoms with Gasteiger partial charge in [-0.3, -0.25) is 9.48 Å². The first kappa shape index (κ1) is 22.2. The van der Waals surface area contributed by atoms with Gasteiger partial charge in [-0.2, -0.15) is 18.3 Å². The highest BCUT2D eigenvalue weighted by Crippen LogP contribution is 2.55. The number of ether oxygens (including phenoxy) is 1. The smallest absolute Gasteiger partial charge is 0.435 e. The van der Waals surface area contributed by atoms with Gasteiger partial charge in [0.25, 0.3) is 5.91 Å². The third-order valence-electron chi connectivity index (χ3n) is 6.47. The largest absolute Gasteiger partial charge is 0.508 e. The molecule has 0 unspecified atom stereocenters. The van der Waals surface area contributed by atoms with Crippen LogP contribution in [0, 0.1) is 11.2 Å². The third-order valence-corrected chi connectivity index (χ3v) is 6.47. The van der Waals surface area contributed by atoms with Crippen molar-refractivity contribution in [2.24, 2.45) is 5.41 Å². The van der Waals surface area contributed by atoms with E-state index in [-0.39, 0.29) is 22.8 Å². The zero-order valence-corrected chi connectivity index (χ0v) is 18.0. The van der Waals surface area contributed by atoms with Gasteiger partial charge in [-0.25, -0.2) is 9.37 Å². The van der Waals surface area contributed by atoms with Crippen LogP contribution in [0.1, 0.15) is 34.9 Å². The van der Waals surface area contributed by atoms with Crippen LogP contribution < -0.4 is 4.74 Å². The van der Waals surface area contributed by atoms with Crippen molar-refractivity contribution in [3.05, 3.63) is 59.7 Å². The first-order chi connectivity index (χ1) is 16.1. The number of amides is 1. The minimum absolute atomic E-state index is 0.205. The Morgan fingerprint density at radius 2 is 1.91 bits per heavy atom. The highest BCUT2D eigenvalue weighted by Gasteiger charge is 2.55. The lowest BCUT2D eigenvalue weighted by atomic mass is 9.60. The molecule has 0 radical (unpaired) electrons. The fourth-order valence-electron chi connectivity index (χ4n) is 4.81. The molecule has 3 heterocycles. The second-order valence-electron chi connectivity index (χ2n) is 8.83. The van der Waals surface area contributed by atoms with Crippen molar-refractivity contribution in [2.45, 2.75) is 25.1 Å². The maximum absolute atomic E-state index is 14.0. The van der Waals surface area contributed by atoms with Crippen molar-refractivity contribution in [2.75, 3.05) is 20.2 Å². The topological polar surface area (TPSA) is 80.5 Å². The molecule has 1 saturated carbocycles. The number of halogens is 4. The maximum atomic E-state index is 14.0. The molecule has 34 heavy (non-hydrogen) atoms. The Balaban J connectivity index is 1.32. The van der Waals surface area contributed by atoms with Gasteiger partial charge < -0.3 is 14.7 Å². The summed E-state index contributed by atoms with van der Waals surface area (Å²) in [5.41, 5.74) is -0.648. The minimum Gasteiger partial charge on any atom is -0.508 e. The number of carbonyl (C=O) groups excluding carboxylic acids is 1. The van der Waals surface area contributed by atoms with Gasteiger partial charge in [0.15, 0.2) is 5.69 Å². The molecule has 0 atom stereocenters. The molecule has 2 fully saturated rings. The molecule has 1 aliphatic carbocycles. The Hall–Kier alpha value is -3.63. The van der Waals surface area contributed by atoms with Gasteiger partial charge in [0.2, 0.25) is 5.88 Å². The molecule has 1 aliphatic heterocycles. The average Bonchev–Trinajstić information content (AvgIpc) is 3.19. The number of aromatic nitrogens is 3. The number of aromatic hydroxyl groups is 1. The van der Waals surface area contributed by atoms with Gasteiger partial charge in [0.05, 0.1) is 24.4 Å². The highest BCUT2D eigenvalue weighted by atomic mass is 19.4. The lowest BCUT2D eigenvalue weighted by Crippen LogP contribution is -2.64. The number of rotatable bonds is 4. The number of likely N-dealkylation sites (tertiary alicyclic amines) is 1. The summed E-state index contributed by atoms with van der Waals surface area (Å²) >= 11 is 0. The summed E-state index contributed by atoms with van der Waals surface area (Å²) in [6, 6.07) is 7.21. The van der Waals surface area contributed by atoms with E-state index in [1.54, 1.807) is 12.1 Å². The molecule has 2 aliphatic rings. The summed E-state index contributed by atoms with van der Waals surface area (Å²) in [5.74, 6) is -1.10. The van der Waals surface area contributed by atoms with E-state index in [4.69, 9.17) is 4.74 Å². The first-order valence-electron chi connectivity index (χ1n) is 10.5. The number of phenolic OH excluding ortho intramolecular Hbond substituents is 1. The summed E-state index contributed by atoms with van der Waals surface area (Å²) in [4.78, 5) is 18.2. The minimum atomic E-state index is -4.59. The fraction of sp³-hybridized carbons (Fsp3) is 0.348. The number of hydrogen-bond donors (Lipinski definition) is 1. The Morgan fingerprint density at radius 1 is 1.18 bits per heavy atom. The molecule has 1 spiro atoms. The molecule has 11 heteroatoms. The van der Waals surface area contributed by atoms with E-state index in [1.165, 1.54) is 22.9 Å². The predicted octanol–water partition coefficient (Wildman–Crippen LogP) is 4.29. The van der Waals surface area contributed by atoms with Gasteiger partial charge in [-0.05, 0) is 43.2 Å². The number of carbonyl (C=O) groups is 1. The van der Waals surface area contributed by atoms with Crippen LogP contribution in [0.2, 0.25) is 0 Å². The second kappa shape index (κ2) is 7.71. The van der Waals surface area contributed by atoms with E-state index in [0.717, 1.165) is 24.3 Å². The molecular formula is C23H20F4N4O3. The van der Waals surface area contributed by atoms with Gasteiger partial charge in [0, 0.05) is 36.3 Å². The van der Waals surface area contributed by atoms with Gasteiger partial charge >= 0.3 is 6.18 Å². The van der Waals surface area contributed by atoms with Gasteiger partial charge in [-0.15, -0.1) is 0 Å². The fourth-order valence-corrected chi connectivity index (χ4v) is 4.81. The highest BCUT2D eigenvalue weighted by molar-refractivity contribution is 5.95. The lowest BCUT2D eigenvalue weighted by Gasteiger charge is -2.59. The van der Waals surface area contributed by atoms with Gasteiger partial charge in [0.1, 0.15) is 11.6 Å². The van der Waals surface area contributed by atoms with Gasteiger partial charge in [-0.1, -0.05) is 0 Å². The third kappa shape index (κ3) is 3.74. The molecule has 2 aromatic heterocycles. The molecular weight excluding hydrogens is 456 g/mol.